The van der Waals surface area contributed by atoms with Gasteiger partial charge in [0.05, 0.1) is 11.1 Å². The molecule has 1 aromatic rings. The number of nitrogens with zero attached hydrogens (tertiary/aromatic N) is 2. The maximum absolute atomic E-state index is 12.5. The van der Waals surface area contributed by atoms with Crippen molar-refractivity contribution in [3.8, 4) is 0 Å². The first-order valence-electron chi connectivity index (χ1n) is 8.63. The standard InChI is InChI=1S/C17H23ClN4O3.2ClH/c18-12-1-4-15(20-10-12)21-16(23)11-5-7-22(8-6-11)17(24)14-3-2-13(9-19)25-14;;/h1,4,10-11,13-14H,2-3,5-9,19H2,(H,20,21,23);2*1H/t13-,14+;;/m1../s1. The third-order valence-corrected chi connectivity index (χ3v) is 5.03. The lowest BCUT2D eigenvalue weighted by Crippen LogP contribution is -2.45. The molecule has 0 unspecified atom stereocenters. The quantitative estimate of drug-likeness (QED) is 0.750. The average Bonchev–Trinajstić information content (AvgIpc) is 3.12. The number of likely N-dealkylation sites (tertiary alicyclic amines) is 1. The first-order valence-corrected chi connectivity index (χ1v) is 9.01. The summed E-state index contributed by atoms with van der Waals surface area (Å²) < 4.78 is 5.67. The fourth-order valence-corrected chi connectivity index (χ4v) is 3.42. The van der Waals surface area contributed by atoms with Crippen LogP contribution in [0.4, 0.5) is 5.82 Å². The molecular weight excluding hydrogens is 415 g/mol. The predicted octanol–water partition coefficient (Wildman–Crippen LogP) is 2.26. The summed E-state index contributed by atoms with van der Waals surface area (Å²) in [5.41, 5.74) is 5.59. The lowest BCUT2D eigenvalue weighted by Gasteiger charge is -2.32. The van der Waals surface area contributed by atoms with Crippen LogP contribution >= 0.6 is 36.4 Å². The van der Waals surface area contributed by atoms with Crippen molar-refractivity contribution < 1.29 is 14.3 Å². The van der Waals surface area contributed by atoms with Crippen LogP contribution in [0.25, 0.3) is 0 Å². The molecule has 3 N–H and O–H groups in total. The third kappa shape index (κ3) is 6.19. The summed E-state index contributed by atoms with van der Waals surface area (Å²) in [6, 6.07) is 3.35. The molecule has 2 fully saturated rings. The van der Waals surface area contributed by atoms with E-state index in [0.29, 0.717) is 43.3 Å². The van der Waals surface area contributed by atoms with Crippen LogP contribution in [0.5, 0.6) is 0 Å². The Bertz CT molecular complexity index is 624. The molecule has 3 heterocycles. The molecule has 27 heavy (non-hydrogen) atoms. The zero-order valence-electron chi connectivity index (χ0n) is 14.8. The second-order valence-electron chi connectivity index (χ2n) is 6.51. The van der Waals surface area contributed by atoms with Crippen LogP contribution < -0.4 is 11.1 Å². The normalized spacial score (nSPS) is 22.5. The molecule has 7 nitrogen and oxygen atoms in total. The largest absolute Gasteiger partial charge is 0.364 e. The van der Waals surface area contributed by atoms with Crippen molar-refractivity contribution in [3.05, 3.63) is 23.4 Å². The molecule has 0 aromatic carbocycles. The van der Waals surface area contributed by atoms with Crippen molar-refractivity contribution in [1.82, 2.24) is 9.88 Å². The molecule has 2 saturated heterocycles. The Labute approximate surface area is 176 Å². The van der Waals surface area contributed by atoms with Gasteiger partial charge in [0.15, 0.2) is 0 Å². The van der Waals surface area contributed by atoms with Gasteiger partial charge in [-0.1, -0.05) is 11.6 Å². The number of halogens is 3. The molecule has 0 saturated carbocycles. The Morgan fingerprint density at radius 1 is 1.22 bits per heavy atom. The van der Waals surface area contributed by atoms with Gasteiger partial charge in [-0.2, -0.15) is 0 Å². The van der Waals surface area contributed by atoms with E-state index < -0.39 is 0 Å². The highest BCUT2D eigenvalue weighted by Crippen LogP contribution is 2.24. The molecule has 0 radical (unpaired) electrons. The fraction of sp³-hybridized carbons (Fsp3) is 0.588. The number of piperidine rings is 1. The molecule has 0 aliphatic carbocycles. The SMILES string of the molecule is Cl.Cl.NC[C@H]1CC[C@@H](C(=O)N2CCC(C(=O)Nc3ccc(Cl)cn3)CC2)O1. The zero-order chi connectivity index (χ0) is 17.8. The van der Waals surface area contributed by atoms with E-state index in [1.165, 1.54) is 6.20 Å². The van der Waals surface area contributed by atoms with Crippen LogP contribution in [0.3, 0.4) is 0 Å². The number of ether oxygens (including phenoxy) is 1. The van der Waals surface area contributed by atoms with E-state index in [1.54, 1.807) is 17.0 Å². The summed E-state index contributed by atoms with van der Waals surface area (Å²) in [7, 11) is 0. The number of hydrogen-bond acceptors (Lipinski definition) is 5. The molecule has 2 aliphatic rings. The number of anilines is 1. The predicted molar refractivity (Wildman–Crippen MR) is 109 cm³/mol. The molecule has 0 spiro atoms. The van der Waals surface area contributed by atoms with Crippen molar-refractivity contribution >= 4 is 54.0 Å². The average molecular weight is 440 g/mol. The Balaban J connectivity index is 0.00000182. The number of carbonyl (C=O) groups is 2. The molecule has 2 atom stereocenters. The van der Waals surface area contributed by atoms with E-state index >= 15 is 0 Å². The Morgan fingerprint density at radius 2 is 1.93 bits per heavy atom. The number of rotatable bonds is 4. The third-order valence-electron chi connectivity index (χ3n) is 4.80. The van der Waals surface area contributed by atoms with Gasteiger partial charge in [-0.15, -0.1) is 24.8 Å². The fourth-order valence-electron chi connectivity index (χ4n) is 3.30. The smallest absolute Gasteiger partial charge is 0.251 e. The van der Waals surface area contributed by atoms with Gasteiger partial charge >= 0.3 is 0 Å². The zero-order valence-corrected chi connectivity index (χ0v) is 17.2. The van der Waals surface area contributed by atoms with Crippen molar-refractivity contribution in [1.29, 1.82) is 0 Å². The molecule has 1 aromatic heterocycles. The summed E-state index contributed by atoms with van der Waals surface area (Å²) >= 11 is 5.78. The van der Waals surface area contributed by atoms with Crippen LogP contribution in [-0.4, -0.2) is 53.5 Å². The van der Waals surface area contributed by atoms with E-state index in [9.17, 15) is 9.59 Å². The molecule has 152 valence electrons. The van der Waals surface area contributed by atoms with E-state index in [-0.39, 0.29) is 54.8 Å². The van der Waals surface area contributed by atoms with Crippen LogP contribution in [0.2, 0.25) is 5.02 Å². The number of amides is 2. The second kappa shape index (κ2) is 11.0. The summed E-state index contributed by atoms with van der Waals surface area (Å²) in [5, 5.41) is 3.32. The van der Waals surface area contributed by atoms with E-state index in [2.05, 4.69) is 10.3 Å². The maximum atomic E-state index is 12.5. The number of pyridine rings is 1. The molecule has 10 heteroatoms. The highest BCUT2D eigenvalue weighted by Gasteiger charge is 2.35. The Morgan fingerprint density at radius 3 is 2.48 bits per heavy atom. The topological polar surface area (TPSA) is 97.6 Å². The van der Waals surface area contributed by atoms with Gasteiger partial charge < -0.3 is 20.7 Å². The highest BCUT2D eigenvalue weighted by atomic mass is 35.5. The van der Waals surface area contributed by atoms with Gasteiger partial charge in [-0.3, -0.25) is 9.59 Å². The number of aromatic nitrogens is 1. The van der Waals surface area contributed by atoms with Crippen molar-refractivity contribution in [2.24, 2.45) is 11.7 Å². The Kier molecular flexibility index (Phi) is 9.76. The number of nitrogens with two attached hydrogens (primary N) is 1. The van der Waals surface area contributed by atoms with Gasteiger partial charge in [0.2, 0.25) is 5.91 Å². The van der Waals surface area contributed by atoms with Gasteiger partial charge in [0.25, 0.3) is 5.91 Å². The maximum Gasteiger partial charge on any atom is 0.251 e. The molecule has 3 rings (SSSR count). The van der Waals surface area contributed by atoms with E-state index in [0.717, 1.165) is 12.8 Å². The second-order valence-corrected chi connectivity index (χ2v) is 6.95. The number of hydrogen-bond donors (Lipinski definition) is 2. The lowest BCUT2D eigenvalue weighted by molar-refractivity contribution is -0.145. The van der Waals surface area contributed by atoms with Crippen molar-refractivity contribution in [3.63, 3.8) is 0 Å². The summed E-state index contributed by atoms with van der Waals surface area (Å²) in [6.07, 6.45) is 3.94. The van der Waals surface area contributed by atoms with Gasteiger partial charge in [-0.05, 0) is 37.8 Å². The summed E-state index contributed by atoms with van der Waals surface area (Å²) in [6.45, 7) is 1.58. The van der Waals surface area contributed by atoms with Crippen molar-refractivity contribution in [2.45, 2.75) is 37.9 Å². The molecular formula is C17H25Cl3N4O3. The first-order chi connectivity index (χ1) is 12.1. The number of carbonyl (C=O) groups excluding carboxylic acids is 2. The number of nitrogens with one attached hydrogen (secondary N) is 1. The minimum Gasteiger partial charge on any atom is -0.364 e. The van der Waals surface area contributed by atoms with Crippen LogP contribution in [0.1, 0.15) is 25.7 Å². The minimum absolute atomic E-state index is 0. The van der Waals surface area contributed by atoms with Gasteiger partial charge in [-0.25, -0.2) is 4.98 Å². The van der Waals surface area contributed by atoms with E-state index in [1.807, 2.05) is 0 Å². The molecule has 0 bridgehead atoms. The van der Waals surface area contributed by atoms with E-state index in [4.69, 9.17) is 22.1 Å². The van der Waals surface area contributed by atoms with Crippen LogP contribution in [-0.2, 0) is 14.3 Å². The monoisotopic (exact) mass is 438 g/mol. The van der Waals surface area contributed by atoms with Crippen LogP contribution in [0.15, 0.2) is 18.3 Å². The van der Waals surface area contributed by atoms with Gasteiger partial charge in [0.1, 0.15) is 11.9 Å². The summed E-state index contributed by atoms with van der Waals surface area (Å²) in [4.78, 5) is 30.7. The van der Waals surface area contributed by atoms with Crippen LogP contribution in [0, 0.1) is 5.92 Å². The molecule has 2 amide bonds. The molecule has 2 aliphatic heterocycles. The van der Waals surface area contributed by atoms with Gasteiger partial charge in [0, 0.05) is 31.7 Å². The highest BCUT2D eigenvalue weighted by molar-refractivity contribution is 6.30. The first kappa shape index (κ1) is 23.9. The minimum atomic E-state index is -0.378. The summed E-state index contributed by atoms with van der Waals surface area (Å²) in [5.74, 6) is 0.319. The Hall–Kier alpha value is -1.12. The lowest BCUT2D eigenvalue weighted by atomic mass is 9.95. The van der Waals surface area contributed by atoms with Crippen molar-refractivity contribution in [2.75, 3.05) is 25.0 Å².